The highest BCUT2D eigenvalue weighted by Gasteiger charge is 2.60. The highest BCUT2D eigenvalue weighted by molar-refractivity contribution is 5.13. The summed E-state index contributed by atoms with van der Waals surface area (Å²) in [5, 5.41) is 23.5. The maximum atomic E-state index is 10.6. The molecule has 0 spiro atoms. The van der Waals surface area contributed by atoms with E-state index in [-0.39, 0.29) is 12.0 Å². The van der Waals surface area contributed by atoms with E-state index < -0.39 is 5.60 Å². The van der Waals surface area contributed by atoms with E-state index in [1.807, 2.05) is 0 Å². The summed E-state index contributed by atoms with van der Waals surface area (Å²) in [4.78, 5) is 0. The van der Waals surface area contributed by atoms with Crippen molar-refractivity contribution < 1.29 is 10.2 Å². The zero-order valence-electron chi connectivity index (χ0n) is 9.21. The monoisotopic (exact) mass is 211 g/mol. The van der Waals surface area contributed by atoms with E-state index in [4.69, 9.17) is 0 Å². The van der Waals surface area contributed by atoms with Crippen LogP contribution in [0.5, 0.6) is 0 Å². The van der Waals surface area contributed by atoms with Crippen LogP contribution in [0.2, 0.25) is 0 Å². The quantitative estimate of drug-likeness (QED) is 0.624. The van der Waals surface area contributed by atoms with Gasteiger partial charge in [-0.05, 0) is 31.1 Å². The van der Waals surface area contributed by atoms with Crippen LogP contribution < -0.4 is 5.32 Å². The lowest BCUT2D eigenvalue weighted by atomic mass is 9.49. The van der Waals surface area contributed by atoms with Gasteiger partial charge in [0.15, 0.2) is 0 Å². The third-order valence-corrected chi connectivity index (χ3v) is 5.32. The minimum Gasteiger partial charge on any atom is -0.396 e. The molecule has 4 rings (SSSR count). The van der Waals surface area contributed by atoms with Gasteiger partial charge in [0, 0.05) is 18.5 Å². The van der Waals surface area contributed by atoms with Crippen molar-refractivity contribution in [2.24, 2.45) is 17.3 Å². The van der Waals surface area contributed by atoms with Crippen molar-refractivity contribution in [2.45, 2.75) is 37.7 Å². The van der Waals surface area contributed by atoms with Crippen molar-refractivity contribution in [2.75, 3.05) is 19.7 Å². The predicted molar refractivity (Wildman–Crippen MR) is 57.4 cm³/mol. The van der Waals surface area contributed by atoms with Gasteiger partial charge in [-0.2, -0.15) is 0 Å². The van der Waals surface area contributed by atoms with Gasteiger partial charge in [0.05, 0.1) is 12.2 Å². The normalized spacial score (nSPS) is 47.6. The molecule has 15 heavy (non-hydrogen) atoms. The lowest BCUT2D eigenvalue weighted by molar-refractivity contribution is -0.203. The molecule has 1 atom stereocenters. The van der Waals surface area contributed by atoms with E-state index in [0.29, 0.717) is 19.0 Å². The van der Waals surface area contributed by atoms with Crippen molar-refractivity contribution in [3.8, 4) is 0 Å². The Kier molecular flexibility index (Phi) is 2.14. The Labute approximate surface area is 90.9 Å². The maximum absolute atomic E-state index is 10.6. The van der Waals surface area contributed by atoms with Gasteiger partial charge in [-0.3, -0.25) is 0 Å². The van der Waals surface area contributed by atoms with E-state index in [9.17, 15) is 10.2 Å². The van der Waals surface area contributed by atoms with Gasteiger partial charge < -0.3 is 15.5 Å². The Morgan fingerprint density at radius 3 is 2.13 bits per heavy atom. The van der Waals surface area contributed by atoms with Gasteiger partial charge in [0.25, 0.3) is 0 Å². The molecule has 0 aromatic heterocycles. The van der Waals surface area contributed by atoms with Crippen LogP contribution in [0.3, 0.4) is 0 Å². The van der Waals surface area contributed by atoms with Crippen LogP contribution in [0, 0.1) is 17.3 Å². The molecule has 0 amide bonds. The fourth-order valence-electron chi connectivity index (χ4n) is 4.23. The van der Waals surface area contributed by atoms with Crippen molar-refractivity contribution in [3.63, 3.8) is 0 Å². The molecule has 4 fully saturated rings. The third-order valence-electron chi connectivity index (χ3n) is 5.32. The van der Waals surface area contributed by atoms with Gasteiger partial charge >= 0.3 is 0 Å². The van der Waals surface area contributed by atoms with E-state index in [1.54, 1.807) is 0 Å². The second-order valence-electron chi connectivity index (χ2n) is 5.87. The number of β-amino-alcohol motifs (C(OH)–C–C–N with tert-alkyl or cyclic N) is 1. The van der Waals surface area contributed by atoms with Crippen molar-refractivity contribution in [3.05, 3.63) is 0 Å². The highest BCUT2D eigenvalue weighted by atomic mass is 16.3. The summed E-state index contributed by atoms with van der Waals surface area (Å²) < 4.78 is 0. The van der Waals surface area contributed by atoms with Crippen LogP contribution in [0.25, 0.3) is 0 Å². The molecule has 4 aliphatic rings. The van der Waals surface area contributed by atoms with E-state index in [0.717, 1.165) is 12.3 Å². The van der Waals surface area contributed by atoms with E-state index in [2.05, 4.69) is 5.32 Å². The number of nitrogens with one attached hydrogen (secondary N) is 1. The molecule has 1 aliphatic heterocycles. The van der Waals surface area contributed by atoms with Gasteiger partial charge in [0.1, 0.15) is 0 Å². The molecule has 86 valence electrons. The standard InChI is InChI=1S/C12H21NO2/c14-8-11(12(15)6-13-7-12)5-9-1-3-10(11)4-2-9/h9-10,13-15H,1-8H2. The fraction of sp³-hybridized carbons (Fsp3) is 1.00. The van der Waals surface area contributed by atoms with Crippen LogP contribution in [0.15, 0.2) is 0 Å². The molecule has 0 aromatic rings. The van der Waals surface area contributed by atoms with Crippen LogP contribution in [-0.2, 0) is 0 Å². The lowest BCUT2D eigenvalue weighted by Crippen LogP contribution is -2.73. The first-order valence-electron chi connectivity index (χ1n) is 6.24. The Bertz CT molecular complexity index is 256. The molecule has 1 saturated heterocycles. The Balaban J connectivity index is 1.92. The molecule has 3 aliphatic carbocycles. The van der Waals surface area contributed by atoms with Gasteiger partial charge in [-0.1, -0.05) is 12.8 Å². The van der Waals surface area contributed by atoms with Crippen LogP contribution in [0.4, 0.5) is 0 Å². The van der Waals surface area contributed by atoms with Crippen LogP contribution in [-0.4, -0.2) is 35.5 Å². The first-order chi connectivity index (χ1) is 7.20. The van der Waals surface area contributed by atoms with Crippen molar-refractivity contribution in [1.29, 1.82) is 0 Å². The van der Waals surface area contributed by atoms with Crippen molar-refractivity contribution >= 4 is 0 Å². The molecule has 2 bridgehead atoms. The highest BCUT2D eigenvalue weighted by Crippen LogP contribution is 2.57. The molecular weight excluding hydrogens is 190 g/mol. The number of fused-ring (bicyclic) bond motifs is 3. The van der Waals surface area contributed by atoms with Crippen molar-refractivity contribution in [1.82, 2.24) is 5.32 Å². The summed E-state index contributed by atoms with van der Waals surface area (Å²) in [7, 11) is 0. The number of aliphatic hydroxyl groups excluding tert-OH is 1. The van der Waals surface area contributed by atoms with Gasteiger partial charge in [0.2, 0.25) is 0 Å². The molecule has 3 nitrogen and oxygen atoms in total. The first kappa shape index (κ1) is 10.1. The van der Waals surface area contributed by atoms with Gasteiger partial charge in [-0.15, -0.1) is 0 Å². The minimum absolute atomic E-state index is 0.173. The predicted octanol–water partition coefficient (Wildman–Crippen LogP) is 0.509. The Morgan fingerprint density at radius 1 is 1.13 bits per heavy atom. The molecule has 0 radical (unpaired) electrons. The largest absolute Gasteiger partial charge is 0.396 e. The number of rotatable bonds is 2. The van der Waals surface area contributed by atoms with E-state index in [1.165, 1.54) is 25.7 Å². The van der Waals surface area contributed by atoms with Gasteiger partial charge in [-0.25, -0.2) is 0 Å². The molecule has 3 saturated carbocycles. The number of aliphatic hydroxyl groups is 2. The zero-order chi connectivity index (χ0) is 10.5. The Hall–Kier alpha value is -0.120. The summed E-state index contributed by atoms with van der Waals surface area (Å²) >= 11 is 0. The summed E-state index contributed by atoms with van der Waals surface area (Å²) in [6, 6.07) is 0. The zero-order valence-corrected chi connectivity index (χ0v) is 9.21. The molecule has 3 heteroatoms. The number of hydrogen-bond donors (Lipinski definition) is 3. The summed E-state index contributed by atoms with van der Waals surface area (Å²) in [6.07, 6.45) is 6.11. The number of hydrogen-bond acceptors (Lipinski definition) is 3. The van der Waals surface area contributed by atoms with Crippen LogP contribution >= 0.6 is 0 Å². The maximum Gasteiger partial charge on any atom is 0.0975 e. The molecule has 0 aromatic carbocycles. The summed E-state index contributed by atoms with van der Waals surface area (Å²) in [5.74, 6) is 1.31. The minimum atomic E-state index is -0.620. The van der Waals surface area contributed by atoms with E-state index >= 15 is 0 Å². The SMILES string of the molecule is OCC1(C2(O)CNC2)CC2CCC1CC2. The second kappa shape index (κ2) is 3.19. The molecule has 3 N–H and O–H groups in total. The topological polar surface area (TPSA) is 52.5 Å². The smallest absolute Gasteiger partial charge is 0.0975 e. The summed E-state index contributed by atoms with van der Waals surface area (Å²) in [5.41, 5.74) is -0.801. The fourth-order valence-corrected chi connectivity index (χ4v) is 4.23. The first-order valence-corrected chi connectivity index (χ1v) is 6.24. The van der Waals surface area contributed by atoms with Crippen LogP contribution in [0.1, 0.15) is 32.1 Å². The lowest BCUT2D eigenvalue weighted by Gasteiger charge is -2.61. The average Bonchev–Trinajstić information content (AvgIpc) is 2.27. The molecule has 1 heterocycles. The Morgan fingerprint density at radius 2 is 1.80 bits per heavy atom. The third kappa shape index (κ3) is 1.17. The molecule has 1 unspecified atom stereocenters. The summed E-state index contributed by atoms with van der Waals surface area (Å²) in [6.45, 7) is 1.53. The second-order valence-corrected chi connectivity index (χ2v) is 5.87. The average molecular weight is 211 g/mol. The molecular formula is C12H21NO2.